The van der Waals surface area contributed by atoms with Crippen molar-refractivity contribution in [3.8, 4) is 0 Å². The van der Waals surface area contributed by atoms with E-state index in [4.69, 9.17) is 17.3 Å². The molecular weight excluding hydrogens is 276 g/mol. The topological polar surface area (TPSA) is 72.9 Å². The second-order valence-corrected chi connectivity index (χ2v) is 4.90. The monoisotopic (exact) mass is 292 g/mol. The van der Waals surface area contributed by atoms with Gasteiger partial charge in [0.25, 0.3) is 0 Å². The normalized spacial score (nSPS) is 12.1. The standard InChI is InChI=1S/C14H17ClN4O/c1-2-7-19-9-10(8-17-19)13(14(16)20)18-12-6-4-3-5-11(12)15/h3-6,8-9,13,18H,2,7H2,1H3,(H2,16,20). The molecule has 0 saturated carbocycles. The van der Waals surface area contributed by atoms with E-state index in [0.29, 0.717) is 10.7 Å². The first-order valence-electron chi connectivity index (χ1n) is 6.44. The van der Waals surface area contributed by atoms with Crippen LogP contribution in [0.15, 0.2) is 36.7 Å². The number of hydrogen-bond donors (Lipinski definition) is 2. The van der Waals surface area contributed by atoms with E-state index in [0.717, 1.165) is 18.5 Å². The highest BCUT2D eigenvalue weighted by atomic mass is 35.5. The zero-order chi connectivity index (χ0) is 14.5. The number of amides is 1. The minimum atomic E-state index is -0.652. The van der Waals surface area contributed by atoms with E-state index in [1.165, 1.54) is 0 Å². The molecule has 0 aliphatic carbocycles. The number of benzene rings is 1. The zero-order valence-corrected chi connectivity index (χ0v) is 12.0. The minimum absolute atomic E-state index is 0.471. The van der Waals surface area contributed by atoms with Gasteiger partial charge in [-0.05, 0) is 18.6 Å². The molecule has 0 spiro atoms. The molecule has 6 heteroatoms. The summed E-state index contributed by atoms with van der Waals surface area (Å²) in [5, 5.41) is 7.81. The predicted molar refractivity (Wildman–Crippen MR) is 79.5 cm³/mol. The van der Waals surface area contributed by atoms with Crippen molar-refractivity contribution in [2.24, 2.45) is 5.73 Å². The van der Waals surface area contributed by atoms with E-state index >= 15 is 0 Å². The number of rotatable bonds is 6. The Balaban J connectivity index is 2.23. The number of carbonyl (C=O) groups is 1. The van der Waals surface area contributed by atoms with Crippen molar-refractivity contribution in [3.63, 3.8) is 0 Å². The molecule has 1 aromatic carbocycles. The van der Waals surface area contributed by atoms with E-state index in [9.17, 15) is 4.79 Å². The third-order valence-electron chi connectivity index (χ3n) is 2.90. The van der Waals surface area contributed by atoms with Crippen molar-refractivity contribution < 1.29 is 4.79 Å². The van der Waals surface area contributed by atoms with Gasteiger partial charge in [-0.25, -0.2) is 0 Å². The number of hydrogen-bond acceptors (Lipinski definition) is 3. The molecule has 2 rings (SSSR count). The number of aryl methyl sites for hydroxylation is 1. The number of carbonyl (C=O) groups excluding carboxylic acids is 1. The molecular formula is C14H17ClN4O. The Hall–Kier alpha value is -2.01. The Morgan fingerprint density at radius 2 is 2.25 bits per heavy atom. The van der Waals surface area contributed by atoms with Crippen molar-refractivity contribution in [2.45, 2.75) is 25.9 Å². The first kappa shape index (κ1) is 14.4. The van der Waals surface area contributed by atoms with Crippen LogP contribution in [-0.4, -0.2) is 15.7 Å². The molecule has 0 fully saturated rings. The molecule has 0 aliphatic heterocycles. The lowest BCUT2D eigenvalue weighted by Crippen LogP contribution is -2.27. The highest BCUT2D eigenvalue weighted by Gasteiger charge is 2.20. The largest absolute Gasteiger partial charge is 0.369 e. The van der Waals surface area contributed by atoms with Gasteiger partial charge in [-0.3, -0.25) is 9.48 Å². The van der Waals surface area contributed by atoms with Crippen LogP contribution in [0.25, 0.3) is 0 Å². The predicted octanol–water partition coefficient (Wildman–Crippen LogP) is 2.58. The third-order valence-corrected chi connectivity index (χ3v) is 3.23. The summed E-state index contributed by atoms with van der Waals surface area (Å²) in [7, 11) is 0. The van der Waals surface area contributed by atoms with Crippen LogP contribution >= 0.6 is 11.6 Å². The highest BCUT2D eigenvalue weighted by molar-refractivity contribution is 6.33. The van der Waals surface area contributed by atoms with Gasteiger partial charge in [0.2, 0.25) is 5.91 Å². The summed E-state index contributed by atoms with van der Waals surface area (Å²) in [5.74, 6) is -0.471. The first-order chi connectivity index (χ1) is 9.61. The minimum Gasteiger partial charge on any atom is -0.369 e. The fraction of sp³-hybridized carbons (Fsp3) is 0.286. The van der Waals surface area contributed by atoms with Crippen molar-refractivity contribution in [3.05, 3.63) is 47.2 Å². The van der Waals surface area contributed by atoms with Crippen LogP contribution in [0.1, 0.15) is 24.9 Å². The summed E-state index contributed by atoms with van der Waals surface area (Å²) in [4.78, 5) is 11.7. The number of halogens is 1. The lowest BCUT2D eigenvalue weighted by molar-refractivity contribution is -0.118. The number of nitrogens with one attached hydrogen (secondary N) is 1. The Morgan fingerprint density at radius 1 is 1.50 bits per heavy atom. The fourth-order valence-electron chi connectivity index (χ4n) is 1.93. The quantitative estimate of drug-likeness (QED) is 0.859. The molecule has 1 atom stereocenters. The van der Waals surface area contributed by atoms with Crippen molar-refractivity contribution in [1.82, 2.24) is 9.78 Å². The molecule has 3 N–H and O–H groups in total. The Kier molecular flexibility index (Phi) is 4.63. The molecule has 1 aromatic heterocycles. The zero-order valence-electron chi connectivity index (χ0n) is 11.2. The van der Waals surface area contributed by atoms with E-state index in [-0.39, 0.29) is 0 Å². The van der Waals surface area contributed by atoms with Gasteiger partial charge in [0, 0.05) is 18.3 Å². The lowest BCUT2D eigenvalue weighted by atomic mass is 10.1. The SMILES string of the molecule is CCCn1cc(C(Nc2ccccc2Cl)C(N)=O)cn1. The van der Waals surface area contributed by atoms with Crippen LogP contribution < -0.4 is 11.1 Å². The number of nitrogens with two attached hydrogens (primary N) is 1. The van der Waals surface area contributed by atoms with Crippen LogP contribution in [0, 0.1) is 0 Å². The first-order valence-corrected chi connectivity index (χ1v) is 6.82. The van der Waals surface area contributed by atoms with Gasteiger partial charge < -0.3 is 11.1 Å². The summed E-state index contributed by atoms with van der Waals surface area (Å²) in [6.07, 6.45) is 4.44. The van der Waals surface area contributed by atoms with Crippen LogP contribution in [0.5, 0.6) is 0 Å². The van der Waals surface area contributed by atoms with Crippen LogP contribution in [0.3, 0.4) is 0 Å². The van der Waals surface area contributed by atoms with Crippen molar-refractivity contribution in [1.29, 1.82) is 0 Å². The summed E-state index contributed by atoms with van der Waals surface area (Å²) in [5.41, 5.74) is 6.86. The molecule has 0 radical (unpaired) electrons. The summed E-state index contributed by atoms with van der Waals surface area (Å²) in [6, 6.07) is 6.57. The Bertz CT molecular complexity index is 596. The maximum absolute atomic E-state index is 11.7. The molecule has 0 aliphatic rings. The third kappa shape index (κ3) is 3.30. The number of aromatic nitrogens is 2. The van der Waals surface area contributed by atoms with Crippen LogP contribution in [0.4, 0.5) is 5.69 Å². The van der Waals surface area contributed by atoms with Gasteiger partial charge >= 0.3 is 0 Å². The molecule has 5 nitrogen and oxygen atoms in total. The van der Waals surface area contributed by atoms with Gasteiger partial charge in [0.15, 0.2) is 0 Å². The van der Waals surface area contributed by atoms with E-state index in [1.807, 2.05) is 18.3 Å². The summed E-state index contributed by atoms with van der Waals surface area (Å²) >= 11 is 6.08. The van der Waals surface area contributed by atoms with Gasteiger partial charge in [0.1, 0.15) is 6.04 Å². The van der Waals surface area contributed by atoms with Crippen molar-refractivity contribution in [2.75, 3.05) is 5.32 Å². The molecule has 106 valence electrons. The van der Waals surface area contributed by atoms with E-state index < -0.39 is 11.9 Å². The average molecular weight is 293 g/mol. The number of para-hydroxylation sites is 1. The second-order valence-electron chi connectivity index (χ2n) is 4.50. The number of primary amides is 1. The van der Waals surface area contributed by atoms with Crippen LogP contribution in [0.2, 0.25) is 5.02 Å². The number of nitrogens with zero attached hydrogens (tertiary/aromatic N) is 2. The smallest absolute Gasteiger partial charge is 0.244 e. The second kappa shape index (κ2) is 6.43. The number of anilines is 1. The van der Waals surface area contributed by atoms with Gasteiger partial charge in [-0.1, -0.05) is 30.7 Å². The van der Waals surface area contributed by atoms with Crippen LogP contribution in [-0.2, 0) is 11.3 Å². The van der Waals surface area contributed by atoms with E-state index in [2.05, 4.69) is 17.3 Å². The van der Waals surface area contributed by atoms with Gasteiger partial charge in [-0.2, -0.15) is 5.10 Å². The van der Waals surface area contributed by atoms with E-state index in [1.54, 1.807) is 23.0 Å². The summed E-state index contributed by atoms with van der Waals surface area (Å²) < 4.78 is 1.79. The Labute approximate surface area is 122 Å². The fourth-order valence-corrected chi connectivity index (χ4v) is 2.12. The Morgan fingerprint density at radius 3 is 2.90 bits per heavy atom. The average Bonchev–Trinajstić information content (AvgIpc) is 2.86. The van der Waals surface area contributed by atoms with Crippen molar-refractivity contribution >= 4 is 23.2 Å². The molecule has 1 heterocycles. The maximum atomic E-state index is 11.7. The molecule has 0 saturated heterocycles. The molecule has 1 unspecified atom stereocenters. The highest BCUT2D eigenvalue weighted by Crippen LogP contribution is 2.25. The molecule has 1 amide bonds. The van der Waals surface area contributed by atoms with Gasteiger partial charge in [-0.15, -0.1) is 0 Å². The molecule has 0 bridgehead atoms. The molecule has 2 aromatic rings. The van der Waals surface area contributed by atoms with Gasteiger partial charge in [0.05, 0.1) is 16.9 Å². The summed E-state index contributed by atoms with van der Waals surface area (Å²) in [6.45, 7) is 2.87. The maximum Gasteiger partial charge on any atom is 0.244 e. The lowest BCUT2D eigenvalue weighted by Gasteiger charge is -2.16. The molecule has 20 heavy (non-hydrogen) atoms.